The van der Waals surface area contributed by atoms with Crippen LogP contribution in [0.25, 0.3) is 33.2 Å². The van der Waals surface area contributed by atoms with Crippen LogP contribution in [0.1, 0.15) is 44.5 Å². The van der Waals surface area contributed by atoms with Gasteiger partial charge in [0.25, 0.3) is 0 Å². The predicted molar refractivity (Wildman–Crippen MR) is 246 cm³/mol. The first-order valence-electron chi connectivity index (χ1n) is 20.8. The summed E-state index contributed by atoms with van der Waals surface area (Å²) in [6.07, 6.45) is 1.79. The summed E-state index contributed by atoms with van der Waals surface area (Å²) in [6, 6.07) is 84.9. The lowest BCUT2D eigenvalue weighted by Gasteiger charge is -2.35. The van der Waals surface area contributed by atoms with E-state index in [2.05, 4.69) is 235 Å². The maximum atomic E-state index is 5.94. The molecule has 282 valence electrons. The van der Waals surface area contributed by atoms with Crippen LogP contribution in [0.4, 0.5) is 17.1 Å². The third-order valence-corrected chi connectivity index (χ3v) is 13.1. The van der Waals surface area contributed by atoms with Crippen molar-refractivity contribution in [3.8, 4) is 22.3 Å². The quantitative estimate of drug-likeness (QED) is 0.161. The van der Waals surface area contributed by atoms with Crippen molar-refractivity contribution in [1.82, 2.24) is 0 Å². The zero-order valence-electron chi connectivity index (χ0n) is 32.9. The van der Waals surface area contributed by atoms with E-state index in [1.54, 1.807) is 6.26 Å². The molecule has 1 heterocycles. The lowest BCUT2D eigenvalue weighted by atomic mass is 9.67. The minimum atomic E-state index is -0.536. The first-order chi connectivity index (χ1) is 29.8. The van der Waals surface area contributed by atoms with Crippen LogP contribution in [0, 0.1) is 0 Å². The fraction of sp³-hybridized carbons (Fsp3) is 0.0345. The molecule has 1 aromatic heterocycles. The number of furan rings is 1. The lowest BCUT2D eigenvalue weighted by Crippen LogP contribution is -2.28. The highest BCUT2D eigenvalue weighted by atomic mass is 16.3. The molecule has 2 aliphatic rings. The van der Waals surface area contributed by atoms with E-state index in [-0.39, 0.29) is 0 Å². The fourth-order valence-electron chi connectivity index (χ4n) is 10.8. The molecule has 0 saturated carbocycles. The van der Waals surface area contributed by atoms with Crippen LogP contribution in [0.3, 0.4) is 0 Å². The van der Waals surface area contributed by atoms with Crippen molar-refractivity contribution < 1.29 is 4.42 Å². The number of nitrogens with zero attached hydrogens (tertiary/aromatic N) is 1. The average molecular weight is 766 g/mol. The third-order valence-electron chi connectivity index (χ3n) is 13.1. The molecule has 0 unspecified atom stereocenters. The summed E-state index contributed by atoms with van der Waals surface area (Å²) in [6.45, 7) is 0. The Hall–Kier alpha value is -7.68. The largest absolute Gasteiger partial charge is 0.464 e. The van der Waals surface area contributed by atoms with Crippen LogP contribution in [0.15, 0.2) is 241 Å². The van der Waals surface area contributed by atoms with Gasteiger partial charge in [-0.25, -0.2) is 0 Å². The van der Waals surface area contributed by atoms with Gasteiger partial charge in [-0.05, 0) is 92.0 Å². The van der Waals surface area contributed by atoms with Crippen LogP contribution in [0.5, 0.6) is 0 Å². The molecule has 0 spiro atoms. The summed E-state index contributed by atoms with van der Waals surface area (Å²) in [5.41, 5.74) is 18.1. The third kappa shape index (κ3) is 4.70. The second-order valence-electron chi connectivity index (χ2n) is 15.9. The van der Waals surface area contributed by atoms with Gasteiger partial charge in [0.15, 0.2) is 0 Å². The van der Waals surface area contributed by atoms with E-state index in [4.69, 9.17) is 4.42 Å². The minimum absolute atomic E-state index is 0.536. The smallest absolute Gasteiger partial charge is 0.133 e. The Labute approximate surface area is 350 Å². The van der Waals surface area contributed by atoms with Crippen LogP contribution < -0.4 is 4.90 Å². The molecule has 60 heavy (non-hydrogen) atoms. The van der Waals surface area contributed by atoms with Gasteiger partial charge >= 0.3 is 0 Å². The number of fused-ring (bicyclic) bond motifs is 7. The second kappa shape index (κ2) is 13.4. The van der Waals surface area contributed by atoms with E-state index in [0.29, 0.717) is 0 Å². The number of benzene rings is 9. The van der Waals surface area contributed by atoms with Gasteiger partial charge in [0, 0.05) is 22.2 Å². The highest BCUT2D eigenvalue weighted by molar-refractivity contribution is 6.03. The summed E-state index contributed by atoms with van der Waals surface area (Å²) in [5.74, 6) is 0. The molecular formula is C58H39NO. The Morgan fingerprint density at radius 2 is 0.733 bits per heavy atom. The molecule has 0 aliphatic heterocycles. The van der Waals surface area contributed by atoms with Crippen molar-refractivity contribution in [3.05, 3.63) is 281 Å². The van der Waals surface area contributed by atoms with E-state index >= 15 is 0 Å². The summed E-state index contributed by atoms with van der Waals surface area (Å²) >= 11 is 0. The van der Waals surface area contributed by atoms with Crippen LogP contribution in [-0.4, -0.2) is 0 Å². The molecule has 2 nitrogen and oxygen atoms in total. The van der Waals surface area contributed by atoms with Gasteiger partial charge in [-0.3, -0.25) is 0 Å². The molecule has 0 amide bonds. The van der Waals surface area contributed by atoms with E-state index < -0.39 is 10.8 Å². The SMILES string of the molecule is c1ccc(C2(c3ccccc3)c3ccccc3-c3c(N(c4ccc5occc5c4)c4cccc5c4-c4ccccc4C5(c4ccccc4)c4ccccc4)cccc32)cc1. The highest BCUT2D eigenvalue weighted by Gasteiger charge is 2.49. The highest BCUT2D eigenvalue weighted by Crippen LogP contribution is 2.62. The van der Waals surface area contributed by atoms with E-state index in [1.807, 2.05) is 0 Å². The van der Waals surface area contributed by atoms with Crippen molar-refractivity contribution in [3.63, 3.8) is 0 Å². The van der Waals surface area contributed by atoms with Crippen molar-refractivity contribution >= 4 is 28.0 Å². The molecule has 0 bridgehead atoms. The number of rotatable bonds is 7. The lowest BCUT2D eigenvalue weighted by molar-refractivity contribution is 0.616. The monoisotopic (exact) mass is 765 g/mol. The first-order valence-corrected chi connectivity index (χ1v) is 20.8. The Morgan fingerprint density at radius 3 is 1.18 bits per heavy atom. The Kier molecular flexibility index (Phi) is 7.70. The molecule has 10 aromatic rings. The maximum absolute atomic E-state index is 5.94. The Balaban J connectivity index is 1.21. The molecule has 0 fully saturated rings. The van der Waals surface area contributed by atoms with E-state index in [9.17, 15) is 0 Å². The Bertz CT molecular complexity index is 2940. The van der Waals surface area contributed by atoms with Crippen LogP contribution >= 0.6 is 0 Å². The van der Waals surface area contributed by atoms with Gasteiger partial charge in [-0.1, -0.05) is 194 Å². The molecule has 2 heteroatoms. The summed E-state index contributed by atoms with van der Waals surface area (Å²) in [5, 5.41) is 1.06. The molecule has 9 aromatic carbocycles. The van der Waals surface area contributed by atoms with Gasteiger partial charge < -0.3 is 9.32 Å². The number of hydrogen-bond donors (Lipinski definition) is 0. The van der Waals surface area contributed by atoms with Gasteiger partial charge in [0.2, 0.25) is 0 Å². The summed E-state index contributed by atoms with van der Waals surface area (Å²) < 4.78 is 5.94. The Morgan fingerprint density at radius 1 is 0.333 bits per heavy atom. The van der Waals surface area contributed by atoms with Crippen LogP contribution in [0.2, 0.25) is 0 Å². The van der Waals surface area contributed by atoms with E-state index in [1.165, 1.54) is 66.8 Å². The zero-order valence-corrected chi connectivity index (χ0v) is 32.9. The molecular weight excluding hydrogens is 727 g/mol. The number of anilines is 3. The molecule has 0 saturated heterocycles. The molecule has 0 radical (unpaired) electrons. The van der Waals surface area contributed by atoms with Crippen LogP contribution in [-0.2, 0) is 10.8 Å². The minimum Gasteiger partial charge on any atom is -0.464 e. The predicted octanol–water partition coefficient (Wildman–Crippen LogP) is 14.6. The van der Waals surface area contributed by atoms with Crippen molar-refractivity contribution in [2.75, 3.05) is 4.90 Å². The molecule has 12 rings (SSSR count). The van der Waals surface area contributed by atoms with Crippen molar-refractivity contribution in [2.45, 2.75) is 10.8 Å². The van der Waals surface area contributed by atoms with Gasteiger partial charge in [-0.2, -0.15) is 0 Å². The average Bonchev–Trinajstić information content (AvgIpc) is 4.01. The fourth-order valence-corrected chi connectivity index (χ4v) is 10.8. The molecule has 0 N–H and O–H groups in total. The summed E-state index contributed by atoms with van der Waals surface area (Å²) in [4.78, 5) is 2.52. The first kappa shape index (κ1) is 34.4. The number of hydrogen-bond acceptors (Lipinski definition) is 2. The maximum Gasteiger partial charge on any atom is 0.133 e. The van der Waals surface area contributed by atoms with Gasteiger partial charge in [0.1, 0.15) is 5.58 Å². The topological polar surface area (TPSA) is 16.4 Å². The molecule has 2 aliphatic carbocycles. The van der Waals surface area contributed by atoms with Gasteiger partial charge in [-0.15, -0.1) is 0 Å². The molecule has 0 atom stereocenters. The normalized spacial score (nSPS) is 13.9. The zero-order chi connectivity index (χ0) is 39.7. The van der Waals surface area contributed by atoms with Crippen molar-refractivity contribution in [2.24, 2.45) is 0 Å². The van der Waals surface area contributed by atoms with Crippen molar-refractivity contribution in [1.29, 1.82) is 0 Å². The van der Waals surface area contributed by atoms with Gasteiger partial charge in [0.05, 0.1) is 28.5 Å². The second-order valence-corrected chi connectivity index (χ2v) is 15.9. The standard InChI is InChI=1S/C58H39NO/c1-5-19-41(20-6-1)57(42-21-7-2-8-22-42)48-29-15-13-27-46(48)55-50(57)31-17-33-52(55)59(45-35-36-54-40(39-45)37-38-60-54)53-34-18-32-51-56(53)47-28-14-16-30-49(47)58(51,43-23-9-3-10-24-43)44-25-11-4-12-26-44/h1-39H. The van der Waals surface area contributed by atoms with E-state index in [0.717, 1.165) is 28.0 Å². The summed E-state index contributed by atoms with van der Waals surface area (Å²) in [7, 11) is 0.